The summed E-state index contributed by atoms with van der Waals surface area (Å²) in [5, 5.41) is 7.59. The van der Waals surface area contributed by atoms with Gasteiger partial charge in [0.05, 0.1) is 0 Å². The number of rotatable bonds is 5. The number of aryl methyl sites for hydroxylation is 2. The van der Waals surface area contributed by atoms with Crippen molar-refractivity contribution in [2.75, 3.05) is 7.05 Å². The first-order chi connectivity index (χ1) is 7.18. The van der Waals surface area contributed by atoms with Crippen molar-refractivity contribution >= 4 is 0 Å². The van der Waals surface area contributed by atoms with Crippen molar-refractivity contribution in [1.29, 1.82) is 0 Å². The molecule has 0 spiro atoms. The van der Waals surface area contributed by atoms with E-state index in [2.05, 4.69) is 30.5 Å². The quantitative estimate of drug-likeness (QED) is 0.797. The lowest BCUT2D eigenvalue weighted by Gasteiger charge is -2.22. The third-order valence-electron chi connectivity index (χ3n) is 4.05. The Hall–Kier alpha value is -0.830. The van der Waals surface area contributed by atoms with Gasteiger partial charge >= 0.3 is 0 Å². The SMILES string of the molecule is CNC(C)C1(CCc2ccnn2C)CC1. The summed E-state index contributed by atoms with van der Waals surface area (Å²) >= 11 is 0. The Bertz CT molecular complexity index is 325. The highest BCUT2D eigenvalue weighted by molar-refractivity contribution is 5.06. The van der Waals surface area contributed by atoms with Gasteiger partial charge < -0.3 is 5.32 Å². The lowest BCUT2D eigenvalue weighted by Crippen LogP contribution is -2.32. The van der Waals surface area contributed by atoms with E-state index < -0.39 is 0 Å². The topological polar surface area (TPSA) is 29.9 Å². The van der Waals surface area contributed by atoms with Crippen LogP contribution in [0.25, 0.3) is 0 Å². The van der Waals surface area contributed by atoms with Crippen LogP contribution in [0, 0.1) is 5.41 Å². The van der Waals surface area contributed by atoms with Crippen LogP contribution in [0.5, 0.6) is 0 Å². The van der Waals surface area contributed by atoms with E-state index >= 15 is 0 Å². The fourth-order valence-electron chi connectivity index (χ4n) is 2.39. The van der Waals surface area contributed by atoms with E-state index in [1.54, 1.807) is 0 Å². The van der Waals surface area contributed by atoms with Gasteiger partial charge in [0.2, 0.25) is 0 Å². The molecule has 0 aliphatic heterocycles. The van der Waals surface area contributed by atoms with E-state index in [1.807, 2.05) is 17.9 Å². The Balaban J connectivity index is 1.91. The standard InChI is InChI=1S/C12H21N3/c1-10(13-2)12(7-8-12)6-4-11-5-9-14-15(11)3/h5,9-10,13H,4,6-8H2,1-3H3. The largest absolute Gasteiger partial charge is 0.317 e. The summed E-state index contributed by atoms with van der Waals surface area (Å²) < 4.78 is 1.99. The van der Waals surface area contributed by atoms with E-state index in [0.717, 1.165) is 6.42 Å². The van der Waals surface area contributed by atoms with Crippen molar-refractivity contribution in [2.45, 2.75) is 38.6 Å². The Labute approximate surface area is 91.9 Å². The van der Waals surface area contributed by atoms with Crippen LogP contribution in [0.4, 0.5) is 0 Å². The van der Waals surface area contributed by atoms with Gasteiger partial charge in [-0.1, -0.05) is 0 Å². The maximum absolute atomic E-state index is 4.20. The van der Waals surface area contributed by atoms with Crippen LogP contribution >= 0.6 is 0 Å². The van der Waals surface area contributed by atoms with E-state index in [1.165, 1.54) is 25.0 Å². The van der Waals surface area contributed by atoms with Crippen LogP contribution in [0.3, 0.4) is 0 Å². The average Bonchev–Trinajstić information content (AvgIpc) is 2.93. The minimum absolute atomic E-state index is 0.568. The minimum Gasteiger partial charge on any atom is -0.317 e. The molecule has 1 aliphatic rings. The molecule has 15 heavy (non-hydrogen) atoms. The van der Waals surface area contributed by atoms with Gasteiger partial charge in [0.15, 0.2) is 0 Å². The van der Waals surface area contributed by atoms with Crippen molar-refractivity contribution in [3.8, 4) is 0 Å². The molecule has 1 fully saturated rings. The molecule has 84 valence electrons. The molecule has 1 unspecified atom stereocenters. The van der Waals surface area contributed by atoms with Crippen molar-refractivity contribution in [2.24, 2.45) is 12.5 Å². The van der Waals surface area contributed by atoms with Crippen LogP contribution in [-0.2, 0) is 13.5 Å². The summed E-state index contributed by atoms with van der Waals surface area (Å²) in [6.07, 6.45) is 7.09. The molecule has 1 N–H and O–H groups in total. The molecule has 1 heterocycles. The Morgan fingerprint density at radius 1 is 1.60 bits per heavy atom. The number of hydrogen-bond acceptors (Lipinski definition) is 2. The van der Waals surface area contributed by atoms with Gasteiger partial charge in [0.1, 0.15) is 0 Å². The zero-order valence-electron chi connectivity index (χ0n) is 9.95. The highest BCUT2D eigenvalue weighted by atomic mass is 15.2. The van der Waals surface area contributed by atoms with Crippen LogP contribution in [0.2, 0.25) is 0 Å². The first-order valence-corrected chi connectivity index (χ1v) is 5.82. The lowest BCUT2D eigenvalue weighted by atomic mass is 9.91. The van der Waals surface area contributed by atoms with E-state index in [9.17, 15) is 0 Å². The van der Waals surface area contributed by atoms with Crippen LogP contribution in [0.15, 0.2) is 12.3 Å². The summed E-state index contributed by atoms with van der Waals surface area (Å²) in [6, 6.07) is 2.77. The third kappa shape index (κ3) is 2.07. The Morgan fingerprint density at radius 2 is 2.33 bits per heavy atom. The van der Waals surface area contributed by atoms with Crippen LogP contribution < -0.4 is 5.32 Å². The molecule has 0 saturated heterocycles. The number of nitrogens with zero attached hydrogens (tertiary/aromatic N) is 2. The molecule has 1 aromatic rings. The van der Waals surface area contributed by atoms with Crippen LogP contribution in [-0.4, -0.2) is 22.9 Å². The van der Waals surface area contributed by atoms with Gasteiger partial charge in [0, 0.05) is 25.0 Å². The third-order valence-corrected chi connectivity index (χ3v) is 4.05. The fourth-order valence-corrected chi connectivity index (χ4v) is 2.39. The smallest absolute Gasteiger partial charge is 0.0492 e. The van der Waals surface area contributed by atoms with Gasteiger partial charge in [-0.15, -0.1) is 0 Å². The predicted molar refractivity (Wildman–Crippen MR) is 61.7 cm³/mol. The summed E-state index contributed by atoms with van der Waals surface area (Å²) in [5.74, 6) is 0. The molecule has 1 aliphatic carbocycles. The Kier molecular flexibility index (Phi) is 2.83. The van der Waals surface area contributed by atoms with E-state index in [-0.39, 0.29) is 0 Å². The fraction of sp³-hybridized carbons (Fsp3) is 0.750. The second-order valence-corrected chi connectivity index (χ2v) is 4.82. The number of nitrogens with one attached hydrogen (secondary N) is 1. The van der Waals surface area contributed by atoms with Crippen LogP contribution in [0.1, 0.15) is 31.9 Å². The minimum atomic E-state index is 0.568. The summed E-state index contributed by atoms with van der Waals surface area (Å²) in [5.41, 5.74) is 1.92. The lowest BCUT2D eigenvalue weighted by molar-refractivity contribution is 0.345. The van der Waals surface area contributed by atoms with Gasteiger partial charge in [0.25, 0.3) is 0 Å². The van der Waals surface area contributed by atoms with Gasteiger partial charge in [-0.05, 0) is 51.1 Å². The maximum atomic E-state index is 4.20. The van der Waals surface area contributed by atoms with E-state index in [4.69, 9.17) is 0 Å². The van der Waals surface area contributed by atoms with Crippen molar-refractivity contribution in [3.63, 3.8) is 0 Å². The van der Waals surface area contributed by atoms with Crippen molar-refractivity contribution in [3.05, 3.63) is 18.0 Å². The van der Waals surface area contributed by atoms with Crippen molar-refractivity contribution in [1.82, 2.24) is 15.1 Å². The summed E-state index contributed by atoms with van der Waals surface area (Å²) in [4.78, 5) is 0. The molecular weight excluding hydrogens is 186 g/mol. The molecular formula is C12H21N3. The van der Waals surface area contributed by atoms with Gasteiger partial charge in [-0.2, -0.15) is 5.10 Å². The zero-order chi connectivity index (χ0) is 10.9. The maximum Gasteiger partial charge on any atom is 0.0492 e. The molecule has 0 amide bonds. The van der Waals surface area contributed by atoms with Crippen molar-refractivity contribution < 1.29 is 0 Å². The first kappa shape index (κ1) is 10.7. The first-order valence-electron chi connectivity index (χ1n) is 5.82. The van der Waals surface area contributed by atoms with Gasteiger partial charge in [-0.25, -0.2) is 0 Å². The highest BCUT2D eigenvalue weighted by Crippen LogP contribution is 2.52. The second kappa shape index (κ2) is 3.97. The summed E-state index contributed by atoms with van der Waals surface area (Å²) in [6.45, 7) is 2.30. The van der Waals surface area contributed by atoms with Gasteiger partial charge in [-0.3, -0.25) is 4.68 Å². The molecule has 3 nitrogen and oxygen atoms in total. The molecule has 1 aromatic heterocycles. The zero-order valence-corrected chi connectivity index (χ0v) is 9.95. The van der Waals surface area contributed by atoms with E-state index in [0.29, 0.717) is 11.5 Å². The molecule has 1 saturated carbocycles. The monoisotopic (exact) mass is 207 g/mol. The molecule has 0 aromatic carbocycles. The molecule has 3 heteroatoms. The number of hydrogen-bond donors (Lipinski definition) is 1. The Morgan fingerprint density at radius 3 is 2.80 bits per heavy atom. The average molecular weight is 207 g/mol. The molecule has 0 radical (unpaired) electrons. The predicted octanol–water partition coefficient (Wildman–Crippen LogP) is 1.74. The summed E-state index contributed by atoms with van der Waals surface area (Å²) in [7, 11) is 4.09. The second-order valence-electron chi connectivity index (χ2n) is 4.82. The molecule has 2 rings (SSSR count). The normalized spacial score (nSPS) is 20.2. The molecule has 1 atom stereocenters. The highest BCUT2D eigenvalue weighted by Gasteiger charge is 2.46. The molecule has 0 bridgehead atoms. The number of aromatic nitrogens is 2.